The Morgan fingerprint density at radius 1 is 1.24 bits per heavy atom. The summed E-state index contributed by atoms with van der Waals surface area (Å²) >= 11 is 5.79. The Morgan fingerprint density at radius 3 is 2.68 bits per heavy atom. The van der Waals surface area contributed by atoms with Gasteiger partial charge in [-0.05, 0) is 18.2 Å². The highest BCUT2D eigenvalue weighted by Gasteiger charge is 2.17. The van der Waals surface area contributed by atoms with Crippen LogP contribution in [-0.2, 0) is 10.0 Å². The average molecular weight is 385 g/mol. The number of sulfonamides is 1. The molecule has 1 heterocycles. The maximum absolute atomic E-state index is 12.1. The van der Waals surface area contributed by atoms with E-state index in [0.29, 0.717) is 0 Å². The lowest BCUT2D eigenvalue weighted by atomic mass is 10.3. The molecule has 0 radical (unpaired) electrons. The summed E-state index contributed by atoms with van der Waals surface area (Å²) in [6.45, 7) is -0.104. The molecule has 0 saturated heterocycles. The molecule has 2 rings (SSSR count). The fraction of sp³-hybridized carbons (Fsp3) is 0.143. The van der Waals surface area contributed by atoms with Gasteiger partial charge in [-0.15, -0.1) is 0 Å². The number of amides is 1. The third-order valence-corrected chi connectivity index (χ3v) is 4.80. The number of nitro groups is 1. The summed E-state index contributed by atoms with van der Waals surface area (Å²) < 4.78 is 26.4. The molecule has 0 unspecified atom stereocenters. The highest BCUT2D eigenvalue weighted by molar-refractivity contribution is 7.89. The zero-order chi connectivity index (χ0) is 18.4. The van der Waals surface area contributed by atoms with Crippen molar-refractivity contribution in [2.24, 2.45) is 0 Å². The molecular formula is C14H13ClN4O5S. The molecule has 0 spiro atoms. The zero-order valence-electron chi connectivity index (χ0n) is 12.7. The molecule has 2 N–H and O–H groups in total. The quantitative estimate of drug-likeness (QED) is 0.320. The summed E-state index contributed by atoms with van der Waals surface area (Å²) in [4.78, 5) is 25.4. The highest BCUT2D eigenvalue weighted by atomic mass is 35.5. The van der Waals surface area contributed by atoms with Gasteiger partial charge in [-0.25, -0.2) is 18.1 Å². The SMILES string of the molecule is O=C(NCCNS(=O)(=O)c1cccc([N+](=O)[O-])c1)c1cccnc1Cl. The number of rotatable bonds is 7. The zero-order valence-corrected chi connectivity index (χ0v) is 14.2. The van der Waals surface area contributed by atoms with Crippen LogP contribution in [0, 0.1) is 10.1 Å². The van der Waals surface area contributed by atoms with Crippen LogP contribution in [0.3, 0.4) is 0 Å². The molecule has 0 aliphatic carbocycles. The number of benzene rings is 1. The van der Waals surface area contributed by atoms with Crippen LogP contribution < -0.4 is 10.0 Å². The Balaban J connectivity index is 1.93. The molecular weight excluding hydrogens is 372 g/mol. The van der Waals surface area contributed by atoms with E-state index >= 15 is 0 Å². The van der Waals surface area contributed by atoms with Crippen LogP contribution in [-0.4, -0.2) is 37.3 Å². The van der Waals surface area contributed by atoms with E-state index in [1.54, 1.807) is 6.07 Å². The van der Waals surface area contributed by atoms with E-state index in [1.165, 1.54) is 30.5 Å². The smallest absolute Gasteiger partial charge is 0.270 e. The van der Waals surface area contributed by atoms with Gasteiger partial charge in [0.05, 0.1) is 15.4 Å². The molecule has 0 aliphatic rings. The van der Waals surface area contributed by atoms with E-state index in [0.717, 1.165) is 6.07 Å². The van der Waals surface area contributed by atoms with Gasteiger partial charge in [-0.1, -0.05) is 17.7 Å². The molecule has 25 heavy (non-hydrogen) atoms. The van der Waals surface area contributed by atoms with E-state index in [4.69, 9.17) is 11.6 Å². The second kappa shape index (κ2) is 8.01. The molecule has 2 aromatic rings. The molecule has 1 amide bonds. The summed E-state index contributed by atoms with van der Waals surface area (Å²) in [6.07, 6.45) is 1.44. The van der Waals surface area contributed by atoms with Crippen LogP contribution in [0.15, 0.2) is 47.5 Å². The van der Waals surface area contributed by atoms with Gasteiger partial charge in [0.25, 0.3) is 11.6 Å². The second-order valence-electron chi connectivity index (χ2n) is 4.75. The minimum atomic E-state index is -3.93. The van der Waals surface area contributed by atoms with Crippen molar-refractivity contribution in [1.82, 2.24) is 15.0 Å². The lowest BCUT2D eigenvalue weighted by Gasteiger charge is -2.08. The first-order valence-electron chi connectivity index (χ1n) is 6.94. The number of nitrogens with one attached hydrogen (secondary N) is 2. The van der Waals surface area contributed by atoms with E-state index in [9.17, 15) is 23.3 Å². The molecule has 0 fully saturated rings. The van der Waals surface area contributed by atoms with Crippen LogP contribution in [0.5, 0.6) is 0 Å². The molecule has 0 atom stereocenters. The van der Waals surface area contributed by atoms with Gasteiger partial charge in [-0.2, -0.15) is 0 Å². The number of carbonyl (C=O) groups is 1. The summed E-state index contributed by atoms with van der Waals surface area (Å²) in [5.74, 6) is -0.493. The lowest BCUT2D eigenvalue weighted by Crippen LogP contribution is -2.34. The van der Waals surface area contributed by atoms with Crippen molar-refractivity contribution in [1.29, 1.82) is 0 Å². The van der Waals surface area contributed by atoms with Gasteiger partial charge in [-0.3, -0.25) is 14.9 Å². The van der Waals surface area contributed by atoms with Crippen LogP contribution in [0.4, 0.5) is 5.69 Å². The minimum Gasteiger partial charge on any atom is -0.351 e. The Hall–Kier alpha value is -2.56. The Bertz CT molecular complexity index is 904. The normalized spacial score (nSPS) is 11.1. The molecule has 11 heteroatoms. The van der Waals surface area contributed by atoms with Gasteiger partial charge < -0.3 is 5.32 Å². The number of aromatic nitrogens is 1. The molecule has 0 saturated carbocycles. The van der Waals surface area contributed by atoms with E-state index in [-0.39, 0.29) is 34.4 Å². The van der Waals surface area contributed by atoms with Crippen LogP contribution >= 0.6 is 11.6 Å². The van der Waals surface area contributed by atoms with Crippen molar-refractivity contribution < 1.29 is 18.1 Å². The fourth-order valence-corrected chi connectivity index (χ4v) is 3.14. The summed E-state index contributed by atoms with van der Waals surface area (Å²) in [5, 5.41) is 13.2. The largest absolute Gasteiger partial charge is 0.351 e. The summed E-state index contributed by atoms with van der Waals surface area (Å²) in [5.41, 5.74) is -0.159. The number of hydrogen-bond donors (Lipinski definition) is 2. The van der Waals surface area contributed by atoms with Crippen molar-refractivity contribution >= 4 is 33.2 Å². The topological polar surface area (TPSA) is 131 Å². The second-order valence-corrected chi connectivity index (χ2v) is 6.87. The first-order valence-corrected chi connectivity index (χ1v) is 8.80. The number of nitro benzene ring substituents is 1. The number of halogens is 1. The first kappa shape index (κ1) is 18.8. The monoisotopic (exact) mass is 384 g/mol. The van der Waals surface area contributed by atoms with Crippen LogP contribution in [0.2, 0.25) is 5.15 Å². The third kappa shape index (κ3) is 4.95. The minimum absolute atomic E-state index is 0.00177. The number of nitrogens with zero attached hydrogens (tertiary/aromatic N) is 2. The number of pyridine rings is 1. The van der Waals surface area contributed by atoms with Crippen molar-refractivity contribution in [3.63, 3.8) is 0 Å². The van der Waals surface area contributed by atoms with Crippen LogP contribution in [0.1, 0.15) is 10.4 Å². The van der Waals surface area contributed by atoms with Crippen LogP contribution in [0.25, 0.3) is 0 Å². The highest BCUT2D eigenvalue weighted by Crippen LogP contribution is 2.17. The Morgan fingerprint density at radius 2 is 2.00 bits per heavy atom. The van der Waals surface area contributed by atoms with Crippen molar-refractivity contribution in [3.05, 3.63) is 63.4 Å². The molecule has 0 bridgehead atoms. The van der Waals surface area contributed by atoms with E-state index < -0.39 is 20.9 Å². The number of non-ortho nitro benzene ring substituents is 1. The Kier molecular flexibility index (Phi) is 6.02. The summed E-state index contributed by atoms with van der Waals surface area (Å²) in [6, 6.07) is 7.69. The lowest BCUT2D eigenvalue weighted by molar-refractivity contribution is -0.385. The number of carbonyl (C=O) groups excluding carboxylic acids is 1. The first-order chi connectivity index (χ1) is 11.8. The molecule has 9 nitrogen and oxygen atoms in total. The summed E-state index contributed by atoms with van der Waals surface area (Å²) in [7, 11) is -3.93. The van der Waals surface area contributed by atoms with Gasteiger partial charge in [0, 0.05) is 31.4 Å². The average Bonchev–Trinajstić information content (AvgIpc) is 2.59. The van der Waals surface area contributed by atoms with Crippen molar-refractivity contribution in [3.8, 4) is 0 Å². The standard InChI is InChI=1S/C14H13ClN4O5S/c15-13-12(5-2-6-16-13)14(20)17-7-8-18-25(23,24)11-4-1-3-10(9-11)19(21)22/h1-6,9,18H,7-8H2,(H,17,20). The van der Waals surface area contributed by atoms with E-state index in [2.05, 4.69) is 15.0 Å². The van der Waals surface area contributed by atoms with Crippen molar-refractivity contribution in [2.75, 3.05) is 13.1 Å². The third-order valence-electron chi connectivity index (χ3n) is 3.05. The maximum atomic E-state index is 12.1. The predicted octanol–water partition coefficient (Wildman–Crippen LogP) is 1.35. The maximum Gasteiger partial charge on any atom is 0.270 e. The molecule has 0 aliphatic heterocycles. The van der Waals surface area contributed by atoms with Crippen molar-refractivity contribution in [2.45, 2.75) is 4.90 Å². The number of hydrogen-bond acceptors (Lipinski definition) is 6. The van der Waals surface area contributed by atoms with E-state index in [1.807, 2.05) is 0 Å². The van der Waals surface area contributed by atoms with Gasteiger partial charge in [0.15, 0.2) is 0 Å². The van der Waals surface area contributed by atoms with Gasteiger partial charge >= 0.3 is 0 Å². The Labute approximate surface area is 148 Å². The van der Waals surface area contributed by atoms with Gasteiger partial charge in [0.2, 0.25) is 10.0 Å². The molecule has 1 aromatic carbocycles. The molecule has 132 valence electrons. The predicted molar refractivity (Wildman–Crippen MR) is 89.9 cm³/mol. The fourth-order valence-electron chi connectivity index (χ4n) is 1.86. The van der Waals surface area contributed by atoms with Gasteiger partial charge in [0.1, 0.15) is 5.15 Å². The molecule has 1 aromatic heterocycles.